The molecule has 0 saturated carbocycles. The third-order valence-corrected chi connectivity index (χ3v) is 2.52. The molecule has 0 spiro atoms. The predicted molar refractivity (Wildman–Crippen MR) is 64.3 cm³/mol. The standard InChI is InChI=1S/C13H18O4/c1-9-4-3-5-10(2)13(9)17-7-6-11(14)8-12(15)16/h3-5,11,14H,6-8H2,1-2H3,(H,15,16). The maximum Gasteiger partial charge on any atom is 0.305 e. The van der Waals surface area contributed by atoms with Crippen LogP contribution < -0.4 is 4.74 Å². The average molecular weight is 238 g/mol. The van der Waals surface area contributed by atoms with Crippen LogP contribution >= 0.6 is 0 Å². The molecule has 1 aromatic rings. The second-order valence-electron chi connectivity index (χ2n) is 4.11. The molecule has 0 aliphatic rings. The summed E-state index contributed by atoms with van der Waals surface area (Å²) in [6.07, 6.45) is -0.771. The third-order valence-electron chi connectivity index (χ3n) is 2.52. The van der Waals surface area contributed by atoms with Gasteiger partial charge in [0.25, 0.3) is 0 Å². The summed E-state index contributed by atoms with van der Waals surface area (Å²) in [5.74, 6) is -0.181. The number of rotatable bonds is 6. The van der Waals surface area contributed by atoms with E-state index in [-0.39, 0.29) is 6.42 Å². The fourth-order valence-corrected chi connectivity index (χ4v) is 1.63. The van der Waals surface area contributed by atoms with Gasteiger partial charge in [0, 0.05) is 6.42 Å². The van der Waals surface area contributed by atoms with E-state index in [0.717, 1.165) is 16.9 Å². The van der Waals surface area contributed by atoms with Gasteiger partial charge < -0.3 is 14.9 Å². The van der Waals surface area contributed by atoms with Gasteiger partial charge in [0.1, 0.15) is 5.75 Å². The van der Waals surface area contributed by atoms with Crippen molar-refractivity contribution in [3.63, 3.8) is 0 Å². The van der Waals surface area contributed by atoms with Crippen molar-refractivity contribution in [2.75, 3.05) is 6.61 Å². The summed E-state index contributed by atoms with van der Waals surface area (Å²) in [7, 11) is 0. The van der Waals surface area contributed by atoms with Crippen LogP contribution in [0.3, 0.4) is 0 Å². The highest BCUT2D eigenvalue weighted by atomic mass is 16.5. The fourth-order valence-electron chi connectivity index (χ4n) is 1.63. The Kier molecular flexibility index (Phi) is 4.97. The summed E-state index contributed by atoms with van der Waals surface area (Å²) in [5.41, 5.74) is 2.08. The molecule has 0 bridgehead atoms. The van der Waals surface area contributed by atoms with Gasteiger partial charge in [-0.2, -0.15) is 0 Å². The molecule has 0 amide bonds. The normalized spacial score (nSPS) is 12.2. The van der Waals surface area contributed by atoms with E-state index in [9.17, 15) is 9.90 Å². The number of para-hydroxylation sites is 1. The van der Waals surface area contributed by atoms with E-state index in [0.29, 0.717) is 13.0 Å². The fraction of sp³-hybridized carbons (Fsp3) is 0.462. The second kappa shape index (κ2) is 6.25. The molecule has 2 N–H and O–H groups in total. The molecule has 4 heteroatoms. The highest BCUT2D eigenvalue weighted by molar-refractivity contribution is 5.67. The molecule has 0 aliphatic heterocycles. The van der Waals surface area contributed by atoms with Gasteiger partial charge in [-0.05, 0) is 25.0 Å². The van der Waals surface area contributed by atoms with Gasteiger partial charge in [-0.25, -0.2) is 0 Å². The van der Waals surface area contributed by atoms with Crippen molar-refractivity contribution in [2.45, 2.75) is 32.8 Å². The van der Waals surface area contributed by atoms with Crippen LogP contribution in [0.2, 0.25) is 0 Å². The first-order valence-corrected chi connectivity index (χ1v) is 5.59. The number of carboxylic acids is 1. The lowest BCUT2D eigenvalue weighted by Crippen LogP contribution is -2.16. The third kappa shape index (κ3) is 4.44. The largest absolute Gasteiger partial charge is 0.493 e. The minimum atomic E-state index is -0.996. The SMILES string of the molecule is Cc1cccc(C)c1OCCC(O)CC(=O)O. The maximum absolute atomic E-state index is 10.4. The number of aliphatic hydroxyl groups is 1. The summed E-state index contributed by atoms with van der Waals surface area (Å²) >= 11 is 0. The molecule has 1 unspecified atom stereocenters. The molecule has 0 saturated heterocycles. The monoisotopic (exact) mass is 238 g/mol. The van der Waals surface area contributed by atoms with Gasteiger partial charge in [0.15, 0.2) is 0 Å². The Morgan fingerprint density at radius 2 is 1.94 bits per heavy atom. The van der Waals surface area contributed by atoms with Crippen molar-refractivity contribution in [1.29, 1.82) is 0 Å². The van der Waals surface area contributed by atoms with Crippen molar-refractivity contribution >= 4 is 5.97 Å². The van der Waals surface area contributed by atoms with Crippen LogP contribution in [0.15, 0.2) is 18.2 Å². The Morgan fingerprint density at radius 3 is 2.47 bits per heavy atom. The first-order chi connectivity index (χ1) is 8.00. The first kappa shape index (κ1) is 13.5. The number of carboxylic acid groups (broad SMARTS) is 1. The van der Waals surface area contributed by atoms with Gasteiger partial charge in [0.05, 0.1) is 19.1 Å². The molecule has 0 aliphatic carbocycles. The van der Waals surface area contributed by atoms with Gasteiger partial charge in [0.2, 0.25) is 0 Å². The highest BCUT2D eigenvalue weighted by Gasteiger charge is 2.10. The molecule has 1 rings (SSSR count). The Labute approximate surface area is 101 Å². The van der Waals surface area contributed by atoms with E-state index in [1.807, 2.05) is 32.0 Å². The van der Waals surface area contributed by atoms with Crippen LogP contribution in [-0.2, 0) is 4.79 Å². The van der Waals surface area contributed by atoms with Gasteiger partial charge in [-0.15, -0.1) is 0 Å². The minimum Gasteiger partial charge on any atom is -0.493 e. The van der Waals surface area contributed by atoms with Crippen LogP contribution in [0, 0.1) is 13.8 Å². The van der Waals surface area contributed by atoms with Crippen LogP contribution in [-0.4, -0.2) is 28.9 Å². The molecule has 0 aromatic heterocycles. The molecular formula is C13H18O4. The van der Waals surface area contributed by atoms with Crippen molar-refractivity contribution < 1.29 is 19.7 Å². The smallest absolute Gasteiger partial charge is 0.305 e. The Bertz CT molecular complexity index is 367. The predicted octanol–water partition coefficient (Wildman–Crippen LogP) is 1.91. The zero-order valence-electron chi connectivity index (χ0n) is 10.1. The summed E-state index contributed by atoms with van der Waals surface area (Å²) in [4.78, 5) is 10.4. The number of hydrogen-bond donors (Lipinski definition) is 2. The van der Waals surface area contributed by atoms with E-state index >= 15 is 0 Å². The molecule has 94 valence electrons. The Balaban J connectivity index is 2.43. The molecule has 0 heterocycles. The zero-order chi connectivity index (χ0) is 12.8. The van der Waals surface area contributed by atoms with E-state index in [4.69, 9.17) is 9.84 Å². The number of aliphatic hydroxyl groups excluding tert-OH is 1. The lowest BCUT2D eigenvalue weighted by Gasteiger charge is -2.13. The Morgan fingerprint density at radius 1 is 1.35 bits per heavy atom. The summed E-state index contributed by atoms with van der Waals surface area (Å²) in [5, 5.41) is 17.9. The van der Waals surface area contributed by atoms with Gasteiger partial charge in [-0.1, -0.05) is 18.2 Å². The molecule has 1 atom stereocenters. The topological polar surface area (TPSA) is 66.8 Å². The lowest BCUT2D eigenvalue weighted by atomic mass is 10.1. The number of ether oxygens (including phenoxy) is 1. The van der Waals surface area contributed by atoms with Gasteiger partial charge >= 0.3 is 5.97 Å². The molecule has 0 fully saturated rings. The van der Waals surface area contributed by atoms with Crippen LogP contribution in [0.5, 0.6) is 5.75 Å². The minimum absolute atomic E-state index is 0.240. The number of aryl methyl sites for hydroxylation is 2. The van der Waals surface area contributed by atoms with Crippen LogP contribution in [0.4, 0.5) is 0 Å². The van der Waals surface area contributed by atoms with Crippen molar-refractivity contribution in [1.82, 2.24) is 0 Å². The lowest BCUT2D eigenvalue weighted by molar-refractivity contribution is -0.139. The number of aliphatic carboxylic acids is 1. The van der Waals surface area contributed by atoms with Crippen molar-refractivity contribution in [2.24, 2.45) is 0 Å². The van der Waals surface area contributed by atoms with E-state index in [2.05, 4.69) is 0 Å². The number of benzene rings is 1. The highest BCUT2D eigenvalue weighted by Crippen LogP contribution is 2.22. The van der Waals surface area contributed by atoms with Crippen LogP contribution in [0.25, 0.3) is 0 Å². The summed E-state index contributed by atoms with van der Waals surface area (Å²) in [6, 6.07) is 5.86. The zero-order valence-corrected chi connectivity index (χ0v) is 10.1. The Hall–Kier alpha value is -1.55. The second-order valence-corrected chi connectivity index (χ2v) is 4.11. The molecule has 0 radical (unpaired) electrons. The quantitative estimate of drug-likeness (QED) is 0.794. The van der Waals surface area contributed by atoms with Crippen molar-refractivity contribution in [3.8, 4) is 5.75 Å². The van der Waals surface area contributed by atoms with E-state index < -0.39 is 12.1 Å². The maximum atomic E-state index is 10.4. The average Bonchev–Trinajstić information content (AvgIpc) is 2.21. The number of hydrogen-bond acceptors (Lipinski definition) is 3. The first-order valence-electron chi connectivity index (χ1n) is 5.59. The molecular weight excluding hydrogens is 220 g/mol. The molecule has 4 nitrogen and oxygen atoms in total. The summed E-state index contributed by atoms with van der Waals surface area (Å²) < 4.78 is 5.57. The van der Waals surface area contributed by atoms with Crippen LogP contribution in [0.1, 0.15) is 24.0 Å². The molecule has 17 heavy (non-hydrogen) atoms. The van der Waals surface area contributed by atoms with E-state index in [1.165, 1.54) is 0 Å². The van der Waals surface area contributed by atoms with Crippen molar-refractivity contribution in [3.05, 3.63) is 29.3 Å². The summed E-state index contributed by atoms with van der Waals surface area (Å²) in [6.45, 7) is 4.23. The molecule has 1 aromatic carbocycles. The van der Waals surface area contributed by atoms with Gasteiger partial charge in [-0.3, -0.25) is 4.79 Å². The number of carbonyl (C=O) groups is 1. The van der Waals surface area contributed by atoms with E-state index in [1.54, 1.807) is 0 Å².